The van der Waals surface area contributed by atoms with E-state index < -0.39 is 0 Å². The van der Waals surface area contributed by atoms with Gasteiger partial charge in [-0.05, 0) is 41.7 Å². The Morgan fingerprint density at radius 1 is 1.07 bits per heavy atom. The van der Waals surface area contributed by atoms with Gasteiger partial charge in [-0.25, -0.2) is 5.10 Å². The van der Waals surface area contributed by atoms with Crippen molar-refractivity contribution in [1.82, 2.24) is 10.1 Å². The maximum absolute atomic E-state index is 9.82. The monoisotopic (exact) mass is 386 g/mol. The number of nitriles is 1. The lowest BCUT2D eigenvalue weighted by Gasteiger charge is -2.11. The van der Waals surface area contributed by atoms with E-state index in [0.29, 0.717) is 28.3 Å². The molecule has 2 heterocycles. The summed E-state index contributed by atoms with van der Waals surface area (Å²) >= 11 is 0. The normalized spacial score (nSPS) is 10.7. The summed E-state index contributed by atoms with van der Waals surface area (Å²) in [6.07, 6.45) is 0. The number of nitrogens with one attached hydrogen (secondary N) is 1. The Hall–Kier alpha value is -4.05. The van der Waals surface area contributed by atoms with E-state index in [0.717, 1.165) is 22.3 Å². The number of anilines is 1. The summed E-state index contributed by atoms with van der Waals surface area (Å²) in [4.78, 5) is 4.54. The Labute approximate surface area is 167 Å². The molecular formula is C22H20N5O2+. The number of rotatable bonds is 4. The third kappa shape index (κ3) is 2.91. The number of nitrogens with zero attached hydrogens (tertiary/aromatic N) is 3. The van der Waals surface area contributed by atoms with Crippen molar-refractivity contribution < 1.29 is 14.2 Å². The zero-order valence-corrected chi connectivity index (χ0v) is 16.4. The highest BCUT2D eigenvalue weighted by Crippen LogP contribution is 2.38. The van der Waals surface area contributed by atoms with Crippen LogP contribution in [0.15, 0.2) is 48.5 Å². The first-order chi connectivity index (χ1) is 14.1. The first kappa shape index (κ1) is 18.3. The van der Waals surface area contributed by atoms with Gasteiger partial charge in [0.05, 0.1) is 19.9 Å². The number of aromatic amines is 1. The van der Waals surface area contributed by atoms with E-state index in [-0.39, 0.29) is 5.82 Å². The molecule has 0 saturated heterocycles. The molecule has 0 atom stereocenters. The Morgan fingerprint density at radius 3 is 2.45 bits per heavy atom. The van der Waals surface area contributed by atoms with E-state index in [4.69, 9.17) is 15.2 Å². The molecule has 7 nitrogen and oxygen atoms in total. The molecule has 0 fully saturated rings. The van der Waals surface area contributed by atoms with Crippen LogP contribution in [0.25, 0.3) is 27.8 Å². The summed E-state index contributed by atoms with van der Waals surface area (Å²) in [7, 11) is 3.16. The summed E-state index contributed by atoms with van der Waals surface area (Å²) < 4.78 is 12.7. The van der Waals surface area contributed by atoms with Crippen molar-refractivity contribution in [3.63, 3.8) is 0 Å². The Morgan fingerprint density at radius 2 is 1.79 bits per heavy atom. The van der Waals surface area contributed by atoms with Crippen molar-refractivity contribution in [2.24, 2.45) is 0 Å². The minimum Gasteiger partial charge on any atom is -0.493 e. The van der Waals surface area contributed by atoms with Gasteiger partial charge in [0.15, 0.2) is 17.2 Å². The second-order valence-electron chi connectivity index (χ2n) is 6.53. The Kier molecular flexibility index (Phi) is 4.53. The smallest absolute Gasteiger partial charge is 0.359 e. The van der Waals surface area contributed by atoms with Crippen molar-refractivity contribution in [3.8, 4) is 34.4 Å². The molecule has 0 unspecified atom stereocenters. The zero-order chi connectivity index (χ0) is 20.5. The quantitative estimate of drug-likeness (QED) is 0.524. The Balaban J connectivity index is 2.09. The average Bonchev–Trinajstić information content (AvgIpc) is 3.08. The highest BCUT2D eigenvalue weighted by atomic mass is 16.5. The van der Waals surface area contributed by atoms with E-state index in [9.17, 15) is 5.26 Å². The number of nitrogen functional groups attached to an aromatic ring is 1. The van der Waals surface area contributed by atoms with Gasteiger partial charge in [-0.2, -0.15) is 5.26 Å². The second kappa shape index (κ2) is 7.17. The van der Waals surface area contributed by atoms with Gasteiger partial charge >= 0.3 is 5.65 Å². The summed E-state index contributed by atoms with van der Waals surface area (Å²) in [6, 6.07) is 17.6. The Bertz CT molecular complexity index is 1260. The molecule has 0 spiro atoms. The summed E-state index contributed by atoms with van der Waals surface area (Å²) in [5.74, 6) is 1.35. The van der Waals surface area contributed by atoms with Crippen LogP contribution in [-0.2, 0) is 0 Å². The average molecular weight is 386 g/mol. The maximum Gasteiger partial charge on any atom is 0.359 e. The van der Waals surface area contributed by atoms with Crippen LogP contribution in [0.1, 0.15) is 11.3 Å². The SMILES string of the molecule is COc1ccc(-c2c(C#N)c(N)nc3c2c(C)[nH][n+]3-c2ccccc2)cc1OC. The van der Waals surface area contributed by atoms with Gasteiger partial charge in [-0.15, -0.1) is 4.68 Å². The standard InChI is InChI=1S/C22H19N5O2/c1-13-19-20(14-9-10-17(28-2)18(11-14)29-3)16(12-23)21(24)25-22(19)27(26-13)15-7-5-4-6-8-15/h4-11H,1-3H3,(H2,24,25,26)/p+1. The number of pyridine rings is 1. The molecule has 2 aromatic heterocycles. The first-order valence-corrected chi connectivity index (χ1v) is 9.00. The summed E-state index contributed by atoms with van der Waals surface area (Å²) in [5, 5.41) is 14.0. The molecule has 4 aromatic rings. The molecule has 2 aromatic carbocycles. The van der Waals surface area contributed by atoms with Crippen molar-refractivity contribution in [2.45, 2.75) is 6.92 Å². The van der Waals surface area contributed by atoms with Crippen molar-refractivity contribution in [2.75, 3.05) is 20.0 Å². The molecule has 7 heteroatoms. The molecular weight excluding hydrogens is 366 g/mol. The number of ether oxygens (including phenoxy) is 2. The number of methoxy groups -OCH3 is 2. The lowest BCUT2D eigenvalue weighted by Crippen LogP contribution is -2.33. The predicted octanol–water partition coefficient (Wildman–Crippen LogP) is 3.29. The van der Waals surface area contributed by atoms with Crippen LogP contribution in [-0.4, -0.2) is 24.3 Å². The molecule has 0 saturated carbocycles. The molecule has 0 aliphatic carbocycles. The van der Waals surface area contributed by atoms with E-state index >= 15 is 0 Å². The fourth-order valence-corrected chi connectivity index (χ4v) is 3.54. The number of aromatic nitrogens is 3. The summed E-state index contributed by atoms with van der Waals surface area (Å²) in [5.41, 5.74) is 10.5. The van der Waals surface area contributed by atoms with Crippen LogP contribution in [0.4, 0.5) is 5.82 Å². The number of benzene rings is 2. The van der Waals surface area contributed by atoms with Gasteiger partial charge in [0.25, 0.3) is 5.82 Å². The number of hydrogen-bond acceptors (Lipinski definition) is 5. The number of hydrogen-bond donors (Lipinski definition) is 2. The number of nitrogens with two attached hydrogens (primary N) is 1. The summed E-state index contributed by atoms with van der Waals surface area (Å²) in [6.45, 7) is 1.95. The topological polar surface area (TPSA) is 101 Å². The number of fused-ring (bicyclic) bond motifs is 1. The first-order valence-electron chi connectivity index (χ1n) is 9.00. The third-order valence-corrected chi connectivity index (χ3v) is 4.87. The van der Waals surface area contributed by atoms with Crippen LogP contribution in [0.5, 0.6) is 11.5 Å². The van der Waals surface area contributed by atoms with Crippen LogP contribution < -0.4 is 19.9 Å². The van der Waals surface area contributed by atoms with E-state index in [1.807, 2.05) is 60.1 Å². The molecule has 0 amide bonds. The zero-order valence-electron chi connectivity index (χ0n) is 16.4. The molecule has 4 rings (SSSR count). The third-order valence-electron chi connectivity index (χ3n) is 4.87. The molecule has 29 heavy (non-hydrogen) atoms. The van der Waals surface area contributed by atoms with Crippen LogP contribution >= 0.6 is 0 Å². The minimum absolute atomic E-state index is 0.175. The van der Waals surface area contributed by atoms with Gasteiger partial charge < -0.3 is 15.2 Å². The fraction of sp³-hybridized carbons (Fsp3) is 0.136. The fourth-order valence-electron chi connectivity index (χ4n) is 3.54. The second-order valence-corrected chi connectivity index (χ2v) is 6.53. The highest BCUT2D eigenvalue weighted by molar-refractivity contribution is 5.99. The number of para-hydroxylation sites is 1. The van der Waals surface area contributed by atoms with Crippen molar-refractivity contribution in [1.29, 1.82) is 5.26 Å². The van der Waals surface area contributed by atoms with Crippen LogP contribution in [0.2, 0.25) is 0 Å². The molecule has 3 N–H and O–H groups in total. The molecule has 0 aliphatic rings. The lowest BCUT2D eigenvalue weighted by molar-refractivity contribution is -0.632. The van der Waals surface area contributed by atoms with Gasteiger partial charge in [-0.3, -0.25) is 0 Å². The maximum atomic E-state index is 9.82. The highest BCUT2D eigenvalue weighted by Gasteiger charge is 2.28. The van der Waals surface area contributed by atoms with E-state index in [1.54, 1.807) is 14.2 Å². The van der Waals surface area contributed by atoms with Gasteiger partial charge in [-0.1, -0.05) is 24.3 Å². The van der Waals surface area contributed by atoms with Crippen molar-refractivity contribution >= 4 is 16.9 Å². The molecule has 144 valence electrons. The predicted molar refractivity (Wildman–Crippen MR) is 110 cm³/mol. The van der Waals surface area contributed by atoms with Crippen LogP contribution in [0.3, 0.4) is 0 Å². The lowest BCUT2D eigenvalue weighted by atomic mass is 9.96. The van der Waals surface area contributed by atoms with E-state index in [2.05, 4.69) is 16.2 Å². The molecule has 0 radical (unpaired) electrons. The van der Waals surface area contributed by atoms with Gasteiger partial charge in [0.1, 0.15) is 17.0 Å². The largest absolute Gasteiger partial charge is 0.493 e. The number of H-pyrrole nitrogens is 1. The van der Waals surface area contributed by atoms with Crippen LogP contribution in [0, 0.1) is 18.3 Å². The van der Waals surface area contributed by atoms with Gasteiger partial charge in [0.2, 0.25) is 0 Å². The minimum atomic E-state index is 0.175. The van der Waals surface area contributed by atoms with E-state index in [1.165, 1.54) is 0 Å². The van der Waals surface area contributed by atoms with Gasteiger partial charge in [0, 0.05) is 5.56 Å². The molecule has 0 bridgehead atoms. The molecule has 0 aliphatic heterocycles. The van der Waals surface area contributed by atoms with Crippen molar-refractivity contribution in [3.05, 3.63) is 59.8 Å². The number of aryl methyl sites for hydroxylation is 1.